The van der Waals surface area contributed by atoms with Crippen LogP contribution in [0.1, 0.15) is 32.6 Å². The second kappa shape index (κ2) is 7.79. The molecule has 0 bridgehead atoms. The molecule has 1 aliphatic rings. The van der Waals surface area contributed by atoms with Gasteiger partial charge in [-0.25, -0.2) is 0 Å². The van der Waals surface area contributed by atoms with Crippen molar-refractivity contribution in [1.29, 1.82) is 0 Å². The van der Waals surface area contributed by atoms with Crippen LogP contribution in [0.15, 0.2) is 34.2 Å². The minimum Gasteiger partial charge on any atom is -0.411 e. The molecule has 128 valence electrons. The predicted octanol–water partition coefficient (Wildman–Crippen LogP) is 3.26. The Hall–Kier alpha value is -1.89. The largest absolute Gasteiger partial charge is 0.411 e. The van der Waals surface area contributed by atoms with Gasteiger partial charge in [0.1, 0.15) is 0 Å². The maximum absolute atomic E-state index is 12.4. The van der Waals surface area contributed by atoms with Crippen LogP contribution in [0.2, 0.25) is 0 Å². The van der Waals surface area contributed by atoms with Crippen molar-refractivity contribution >= 4 is 17.7 Å². The monoisotopic (exact) mass is 346 g/mol. The zero-order valence-corrected chi connectivity index (χ0v) is 14.8. The first-order valence-corrected chi connectivity index (χ1v) is 9.24. The lowest BCUT2D eigenvalue weighted by Gasteiger charge is -2.33. The number of carbonyl (C=O) groups is 1. The molecule has 0 unspecified atom stereocenters. The van der Waals surface area contributed by atoms with Crippen molar-refractivity contribution in [3.8, 4) is 11.5 Å². The van der Waals surface area contributed by atoms with Crippen molar-refractivity contribution in [1.82, 2.24) is 20.1 Å². The molecule has 24 heavy (non-hydrogen) atoms. The van der Waals surface area contributed by atoms with E-state index in [1.807, 2.05) is 24.1 Å². The number of pyridine rings is 1. The second-order valence-corrected chi connectivity index (χ2v) is 7.24. The molecule has 2 aromatic rings. The van der Waals surface area contributed by atoms with E-state index in [-0.39, 0.29) is 5.91 Å². The molecule has 0 N–H and O–H groups in total. The lowest BCUT2D eigenvalue weighted by atomic mass is 9.87. The third-order valence-corrected chi connectivity index (χ3v) is 5.38. The second-order valence-electron chi connectivity index (χ2n) is 6.32. The summed E-state index contributed by atoms with van der Waals surface area (Å²) in [5.74, 6) is 1.66. The highest BCUT2D eigenvalue weighted by Crippen LogP contribution is 2.27. The molecule has 0 spiro atoms. The normalized spacial score (nSPS) is 20.8. The molecule has 0 aromatic carbocycles. The van der Waals surface area contributed by atoms with Gasteiger partial charge in [0, 0.05) is 31.0 Å². The van der Waals surface area contributed by atoms with Crippen molar-refractivity contribution in [2.75, 3.05) is 12.8 Å². The number of hydrogen-bond acceptors (Lipinski definition) is 6. The molecule has 0 radical (unpaired) electrons. The summed E-state index contributed by atoms with van der Waals surface area (Å²) in [6.45, 7) is 2.28. The SMILES string of the molecule is CC1CCC(N(C)C(=O)CSc2nnc(-c3ccncc3)o2)CC1. The van der Waals surface area contributed by atoms with Gasteiger partial charge in [0.05, 0.1) is 5.75 Å². The number of nitrogens with zero attached hydrogens (tertiary/aromatic N) is 4. The van der Waals surface area contributed by atoms with Crippen LogP contribution in [0.3, 0.4) is 0 Å². The van der Waals surface area contributed by atoms with E-state index in [1.54, 1.807) is 12.4 Å². The summed E-state index contributed by atoms with van der Waals surface area (Å²) >= 11 is 1.29. The molecule has 1 amide bonds. The molecule has 0 saturated heterocycles. The van der Waals surface area contributed by atoms with Crippen LogP contribution in [-0.4, -0.2) is 44.8 Å². The van der Waals surface area contributed by atoms with E-state index in [0.29, 0.717) is 22.9 Å². The summed E-state index contributed by atoms with van der Waals surface area (Å²) < 4.78 is 5.60. The summed E-state index contributed by atoms with van der Waals surface area (Å²) in [6, 6.07) is 3.99. The van der Waals surface area contributed by atoms with E-state index in [1.165, 1.54) is 24.6 Å². The Morgan fingerprint density at radius 2 is 1.96 bits per heavy atom. The summed E-state index contributed by atoms with van der Waals surface area (Å²) in [5, 5.41) is 8.44. The molecule has 1 saturated carbocycles. The summed E-state index contributed by atoms with van der Waals surface area (Å²) in [4.78, 5) is 18.2. The van der Waals surface area contributed by atoms with Gasteiger partial charge in [0.15, 0.2) is 0 Å². The number of amides is 1. The van der Waals surface area contributed by atoms with Crippen molar-refractivity contribution in [2.24, 2.45) is 5.92 Å². The van der Waals surface area contributed by atoms with Gasteiger partial charge >= 0.3 is 0 Å². The standard InChI is InChI=1S/C17H22N4O2S/c1-12-3-5-14(6-4-12)21(2)15(22)11-24-17-20-19-16(23-17)13-7-9-18-10-8-13/h7-10,12,14H,3-6,11H2,1-2H3. The Morgan fingerprint density at radius 3 is 2.67 bits per heavy atom. The van der Waals surface area contributed by atoms with Crippen LogP contribution in [0.4, 0.5) is 0 Å². The van der Waals surface area contributed by atoms with Gasteiger partial charge in [-0.3, -0.25) is 9.78 Å². The average Bonchev–Trinajstić information content (AvgIpc) is 3.09. The van der Waals surface area contributed by atoms with E-state index >= 15 is 0 Å². The first-order valence-electron chi connectivity index (χ1n) is 8.26. The maximum Gasteiger partial charge on any atom is 0.277 e. The van der Waals surface area contributed by atoms with Gasteiger partial charge in [0.25, 0.3) is 5.22 Å². The van der Waals surface area contributed by atoms with Gasteiger partial charge in [-0.05, 0) is 43.7 Å². The number of aromatic nitrogens is 3. The van der Waals surface area contributed by atoms with E-state index < -0.39 is 0 Å². The minimum absolute atomic E-state index is 0.114. The highest BCUT2D eigenvalue weighted by atomic mass is 32.2. The Kier molecular flexibility index (Phi) is 5.50. The number of carbonyl (C=O) groups excluding carboxylic acids is 1. The maximum atomic E-state index is 12.4. The van der Waals surface area contributed by atoms with Gasteiger partial charge in [0.2, 0.25) is 11.8 Å². The first kappa shape index (κ1) is 17.0. The fourth-order valence-electron chi connectivity index (χ4n) is 2.94. The molecular formula is C17H22N4O2S. The Morgan fingerprint density at radius 1 is 1.25 bits per heavy atom. The summed E-state index contributed by atoms with van der Waals surface area (Å²) in [7, 11) is 1.90. The van der Waals surface area contributed by atoms with Crippen molar-refractivity contribution < 1.29 is 9.21 Å². The zero-order chi connectivity index (χ0) is 16.9. The van der Waals surface area contributed by atoms with Crippen LogP contribution in [0.5, 0.6) is 0 Å². The third kappa shape index (κ3) is 4.14. The fraction of sp³-hybridized carbons (Fsp3) is 0.529. The molecule has 0 aliphatic heterocycles. The van der Waals surface area contributed by atoms with Gasteiger partial charge < -0.3 is 9.32 Å². The highest BCUT2D eigenvalue weighted by molar-refractivity contribution is 7.99. The molecular weight excluding hydrogens is 324 g/mol. The number of thioether (sulfide) groups is 1. The van der Waals surface area contributed by atoms with E-state index in [0.717, 1.165) is 24.3 Å². The molecule has 1 fully saturated rings. The Balaban J connectivity index is 1.52. The summed E-state index contributed by atoms with van der Waals surface area (Å²) in [6.07, 6.45) is 7.95. The lowest BCUT2D eigenvalue weighted by molar-refractivity contribution is -0.129. The van der Waals surface area contributed by atoms with Crippen LogP contribution in [0.25, 0.3) is 11.5 Å². The first-order chi connectivity index (χ1) is 11.6. The molecule has 0 atom stereocenters. The van der Waals surface area contributed by atoms with E-state index in [2.05, 4.69) is 22.1 Å². The molecule has 7 heteroatoms. The quantitative estimate of drug-likeness (QED) is 0.774. The average molecular weight is 346 g/mol. The van der Waals surface area contributed by atoms with Gasteiger partial charge in [-0.15, -0.1) is 10.2 Å². The molecule has 6 nitrogen and oxygen atoms in total. The predicted molar refractivity (Wildman–Crippen MR) is 92.4 cm³/mol. The minimum atomic E-state index is 0.114. The zero-order valence-electron chi connectivity index (χ0n) is 14.0. The summed E-state index contributed by atoms with van der Waals surface area (Å²) in [5.41, 5.74) is 0.823. The topological polar surface area (TPSA) is 72.1 Å². The third-order valence-electron chi connectivity index (χ3n) is 4.58. The van der Waals surface area contributed by atoms with Crippen molar-refractivity contribution in [3.63, 3.8) is 0 Å². The van der Waals surface area contributed by atoms with Crippen LogP contribution < -0.4 is 0 Å². The molecule has 3 rings (SSSR count). The smallest absolute Gasteiger partial charge is 0.277 e. The molecule has 2 aromatic heterocycles. The lowest BCUT2D eigenvalue weighted by Crippen LogP contribution is -2.40. The highest BCUT2D eigenvalue weighted by Gasteiger charge is 2.25. The van der Waals surface area contributed by atoms with Crippen LogP contribution in [-0.2, 0) is 4.79 Å². The van der Waals surface area contributed by atoms with E-state index in [4.69, 9.17) is 4.42 Å². The van der Waals surface area contributed by atoms with Crippen molar-refractivity contribution in [2.45, 2.75) is 43.9 Å². The van der Waals surface area contributed by atoms with Crippen LogP contribution in [0, 0.1) is 5.92 Å². The van der Waals surface area contributed by atoms with Crippen molar-refractivity contribution in [3.05, 3.63) is 24.5 Å². The molecule has 2 heterocycles. The van der Waals surface area contributed by atoms with Crippen LogP contribution >= 0.6 is 11.8 Å². The fourth-order valence-corrected chi connectivity index (χ4v) is 3.62. The van der Waals surface area contributed by atoms with E-state index in [9.17, 15) is 4.79 Å². The number of rotatable bonds is 5. The Bertz CT molecular complexity index is 668. The Labute approximate surface area is 146 Å². The molecule has 1 aliphatic carbocycles. The van der Waals surface area contributed by atoms with Gasteiger partial charge in [-0.2, -0.15) is 0 Å². The number of hydrogen-bond donors (Lipinski definition) is 0. The van der Waals surface area contributed by atoms with Gasteiger partial charge in [-0.1, -0.05) is 18.7 Å².